The zero-order chi connectivity index (χ0) is 12.2. The number of anilines is 1. The molecule has 90 valence electrons. The van der Waals surface area contributed by atoms with Crippen molar-refractivity contribution in [3.8, 4) is 0 Å². The van der Waals surface area contributed by atoms with Crippen LogP contribution in [0.25, 0.3) is 0 Å². The van der Waals surface area contributed by atoms with Crippen LogP contribution >= 0.6 is 15.9 Å². The van der Waals surface area contributed by atoms with Crippen LogP contribution in [-0.4, -0.2) is 12.7 Å². The Kier molecular flexibility index (Phi) is 4.65. The van der Waals surface area contributed by atoms with Gasteiger partial charge in [-0.3, -0.25) is 0 Å². The fourth-order valence-electron chi connectivity index (χ4n) is 1.36. The van der Waals surface area contributed by atoms with Gasteiger partial charge < -0.3 is 5.32 Å². The molecular formula is C11H13BrF3N. The molecule has 0 aliphatic heterocycles. The van der Waals surface area contributed by atoms with Crippen molar-refractivity contribution in [1.82, 2.24) is 0 Å². The Bertz CT molecular complexity index is 329. The molecule has 1 nitrogen and oxygen atoms in total. The van der Waals surface area contributed by atoms with Gasteiger partial charge in [0.15, 0.2) is 0 Å². The minimum absolute atomic E-state index is 0.0923. The highest BCUT2D eigenvalue weighted by molar-refractivity contribution is 9.10. The van der Waals surface area contributed by atoms with Crippen molar-refractivity contribution < 1.29 is 13.2 Å². The fourth-order valence-corrected chi connectivity index (χ4v) is 1.97. The number of rotatable bonds is 4. The Labute approximate surface area is 101 Å². The van der Waals surface area contributed by atoms with E-state index in [-0.39, 0.29) is 6.42 Å². The summed E-state index contributed by atoms with van der Waals surface area (Å²) >= 11 is 3.33. The summed E-state index contributed by atoms with van der Waals surface area (Å²) in [5.74, 6) is 0. The Morgan fingerprint density at radius 1 is 1.25 bits per heavy atom. The molecule has 1 rings (SSSR count). The van der Waals surface area contributed by atoms with Gasteiger partial charge in [0, 0.05) is 23.1 Å². The van der Waals surface area contributed by atoms with E-state index in [0.717, 1.165) is 15.7 Å². The van der Waals surface area contributed by atoms with Gasteiger partial charge in [-0.1, -0.05) is 15.9 Å². The molecule has 0 radical (unpaired) electrons. The molecule has 0 aliphatic carbocycles. The van der Waals surface area contributed by atoms with E-state index in [0.29, 0.717) is 6.54 Å². The molecule has 0 saturated carbocycles. The maximum atomic E-state index is 11.9. The lowest BCUT2D eigenvalue weighted by atomic mass is 10.2. The summed E-state index contributed by atoms with van der Waals surface area (Å²) in [6.07, 6.45) is -4.71. The fraction of sp³-hybridized carbons (Fsp3) is 0.455. The van der Waals surface area contributed by atoms with Gasteiger partial charge >= 0.3 is 6.18 Å². The van der Waals surface area contributed by atoms with Crippen LogP contribution in [0.3, 0.4) is 0 Å². The molecule has 0 amide bonds. The Balaban J connectivity index is 2.37. The van der Waals surface area contributed by atoms with E-state index < -0.39 is 12.6 Å². The van der Waals surface area contributed by atoms with Crippen molar-refractivity contribution in [1.29, 1.82) is 0 Å². The van der Waals surface area contributed by atoms with E-state index in [4.69, 9.17) is 0 Å². The van der Waals surface area contributed by atoms with Crippen LogP contribution in [0, 0.1) is 6.92 Å². The average Bonchev–Trinajstić information content (AvgIpc) is 2.09. The third kappa shape index (κ3) is 5.39. The van der Waals surface area contributed by atoms with Crippen molar-refractivity contribution in [2.75, 3.05) is 11.9 Å². The van der Waals surface area contributed by atoms with E-state index in [1.165, 1.54) is 0 Å². The van der Waals surface area contributed by atoms with Gasteiger partial charge in [-0.15, -0.1) is 0 Å². The number of nitrogens with one attached hydrogen (secondary N) is 1. The second kappa shape index (κ2) is 5.57. The largest absolute Gasteiger partial charge is 0.389 e. The Morgan fingerprint density at radius 2 is 1.94 bits per heavy atom. The van der Waals surface area contributed by atoms with Crippen LogP contribution in [0.15, 0.2) is 22.7 Å². The maximum absolute atomic E-state index is 11.9. The highest BCUT2D eigenvalue weighted by Crippen LogP contribution is 2.22. The summed E-state index contributed by atoms with van der Waals surface area (Å²) in [4.78, 5) is 0. The molecule has 5 heteroatoms. The predicted octanol–water partition coefficient (Wildman–Crippen LogP) is 4.51. The lowest BCUT2D eigenvalue weighted by molar-refractivity contribution is -0.134. The van der Waals surface area contributed by atoms with Crippen LogP contribution in [0.4, 0.5) is 18.9 Å². The lowest BCUT2D eigenvalue weighted by Crippen LogP contribution is -2.10. The molecule has 0 unspecified atom stereocenters. The van der Waals surface area contributed by atoms with Gasteiger partial charge in [-0.2, -0.15) is 13.2 Å². The molecule has 0 aliphatic rings. The highest BCUT2D eigenvalue weighted by atomic mass is 79.9. The van der Waals surface area contributed by atoms with Crippen molar-refractivity contribution >= 4 is 21.6 Å². The van der Waals surface area contributed by atoms with Crippen LogP contribution < -0.4 is 5.32 Å². The third-order valence-electron chi connectivity index (χ3n) is 2.01. The van der Waals surface area contributed by atoms with Crippen molar-refractivity contribution in [3.63, 3.8) is 0 Å². The first-order chi connectivity index (χ1) is 7.37. The van der Waals surface area contributed by atoms with E-state index in [1.807, 2.05) is 25.1 Å². The maximum Gasteiger partial charge on any atom is 0.389 e. The summed E-state index contributed by atoms with van der Waals surface area (Å²) in [5.41, 5.74) is 1.90. The third-order valence-corrected chi connectivity index (χ3v) is 2.47. The zero-order valence-corrected chi connectivity index (χ0v) is 10.5. The number of aryl methyl sites for hydroxylation is 1. The summed E-state index contributed by atoms with van der Waals surface area (Å²) in [6.45, 7) is 2.26. The monoisotopic (exact) mass is 295 g/mol. The zero-order valence-electron chi connectivity index (χ0n) is 8.87. The molecule has 16 heavy (non-hydrogen) atoms. The molecule has 0 saturated heterocycles. The summed E-state index contributed by atoms with van der Waals surface area (Å²) in [6, 6.07) is 5.69. The first kappa shape index (κ1) is 13.4. The Hall–Kier alpha value is -0.710. The second-order valence-corrected chi connectivity index (χ2v) is 4.58. The number of alkyl halides is 3. The number of hydrogen-bond donors (Lipinski definition) is 1. The van der Waals surface area contributed by atoms with Crippen LogP contribution in [-0.2, 0) is 0 Å². The molecule has 1 aromatic rings. The van der Waals surface area contributed by atoms with E-state index in [9.17, 15) is 13.2 Å². The van der Waals surface area contributed by atoms with Gasteiger partial charge in [0.1, 0.15) is 0 Å². The molecule has 0 atom stereocenters. The number of halogens is 4. The van der Waals surface area contributed by atoms with Crippen molar-refractivity contribution in [3.05, 3.63) is 28.2 Å². The molecule has 0 bridgehead atoms. The minimum Gasteiger partial charge on any atom is -0.385 e. The summed E-state index contributed by atoms with van der Waals surface area (Å²) in [7, 11) is 0. The first-order valence-corrected chi connectivity index (χ1v) is 5.74. The van der Waals surface area contributed by atoms with Gasteiger partial charge in [0.05, 0.1) is 0 Å². The molecule has 0 aromatic heterocycles. The van der Waals surface area contributed by atoms with Gasteiger partial charge in [0.2, 0.25) is 0 Å². The van der Waals surface area contributed by atoms with Gasteiger partial charge in [-0.05, 0) is 37.1 Å². The second-order valence-electron chi connectivity index (χ2n) is 3.66. The average molecular weight is 296 g/mol. The van der Waals surface area contributed by atoms with E-state index >= 15 is 0 Å². The molecule has 1 N–H and O–H groups in total. The van der Waals surface area contributed by atoms with Gasteiger partial charge in [-0.25, -0.2) is 0 Å². The molecule has 0 fully saturated rings. The predicted molar refractivity (Wildman–Crippen MR) is 62.7 cm³/mol. The summed E-state index contributed by atoms with van der Waals surface area (Å²) in [5, 5.41) is 2.97. The van der Waals surface area contributed by atoms with Crippen LogP contribution in [0.2, 0.25) is 0 Å². The minimum atomic E-state index is -4.06. The summed E-state index contributed by atoms with van der Waals surface area (Å²) < 4.78 is 36.5. The van der Waals surface area contributed by atoms with E-state index in [2.05, 4.69) is 21.2 Å². The number of benzene rings is 1. The van der Waals surface area contributed by atoms with Crippen LogP contribution in [0.5, 0.6) is 0 Å². The lowest BCUT2D eigenvalue weighted by Gasteiger charge is -2.09. The van der Waals surface area contributed by atoms with E-state index in [1.54, 1.807) is 0 Å². The standard InChI is InChI=1S/C11H13BrF3N/c1-8-5-9(12)7-10(6-8)16-4-2-3-11(13,14)15/h5-7,16H,2-4H2,1H3. The quantitative estimate of drug-likeness (QED) is 0.806. The smallest absolute Gasteiger partial charge is 0.385 e. The highest BCUT2D eigenvalue weighted by Gasteiger charge is 2.25. The number of hydrogen-bond acceptors (Lipinski definition) is 1. The SMILES string of the molecule is Cc1cc(Br)cc(NCCCC(F)(F)F)c1. The topological polar surface area (TPSA) is 12.0 Å². The molecule has 0 heterocycles. The first-order valence-electron chi connectivity index (χ1n) is 4.95. The molecule has 1 aromatic carbocycles. The molecule has 0 spiro atoms. The molecular weight excluding hydrogens is 283 g/mol. The van der Waals surface area contributed by atoms with Crippen molar-refractivity contribution in [2.45, 2.75) is 25.9 Å². The van der Waals surface area contributed by atoms with Gasteiger partial charge in [0.25, 0.3) is 0 Å². The normalized spacial score (nSPS) is 11.6. The van der Waals surface area contributed by atoms with Crippen LogP contribution in [0.1, 0.15) is 18.4 Å². The Morgan fingerprint density at radius 3 is 2.50 bits per heavy atom. The van der Waals surface area contributed by atoms with Crippen molar-refractivity contribution in [2.24, 2.45) is 0 Å².